The second kappa shape index (κ2) is 9.86. The fourth-order valence-electron chi connectivity index (χ4n) is 4.73. The molecule has 0 amide bonds. The van der Waals surface area contributed by atoms with Crippen molar-refractivity contribution in [3.63, 3.8) is 0 Å². The number of piperidine rings is 1. The van der Waals surface area contributed by atoms with Gasteiger partial charge in [0.05, 0.1) is 6.26 Å². The van der Waals surface area contributed by atoms with E-state index in [1.165, 1.54) is 63.6 Å². The average Bonchev–Trinajstić information content (AvgIpc) is 2.64. The first-order valence-electron chi connectivity index (χ1n) is 10.3. The average molecular weight is 357 g/mol. The highest BCUT2D eigenvalue weighted by Gasteiger charge is 2.28. The van der Waals surface area contributed by atoms with E-state index >= 15 is 0 Å². The highest BCUT2D eigenvalue weighted by Crippen LogP contribution is 2.29. The van der Waals surface area contributed by atoms with Crippen LogP contribution in [0.25, 0.3) is 0 Å². The Kier molecular flexibility index (Phi) is 7.53. The summed E-state index contributed by atoms with van der Waals surface area (Å²) in [6.45, 7) is 1.93. The maximum Gasteiger partial charge on any atom is 0.272 e. The molecule has 0 atom stereocenters. The minimum atomic E-state index is -2.38. The fraction of sp³-hybridized carbons (Fsp3) is 0.900. The zero-order valence-corrected chi connectivity index (χ0v) is 15.4. The Balaban J connectivity index is 1.33. The minimum Gasteiger partial charge on any atom is -0.495 e. The predicted octanol–water partition coefficient (Wildman–Crippen LogP) is 4.48. The lowest BCUT2D eigenvalue weighted by Gasteiger charge is -2.41. The summed E-state index contributed by atoms with van der Waals surface area (Å²) in [5, 5.41) is 3.91. The summed E-state index contributed by atoms with van der Waals surface area (Å²) in [6.07, 6.45) is 13.0. The summed E-state index contributed by atoms with van der Waals surface area (Å²) >= 11 is 0. The summed E-state index contributed by atoms with van der Waals surface area (Å²) in [5.74, 6) is 0. The van der Waals surface area contributed by atoms with Gasteiger partial charge >= 0.3 is 0 Å². The third kappa shape index (κ3) is 6.21. The van der Waals surface area contributed by atoms with Crippen LogP contribution in [0.5, 0.6) is 0 Å². The smallest absolute Gasteiger partial charge is 0.272 e. The van der Waals surface area contributed by atoms with Crippen molar-refractivity contribution in [1.29, 1.82) is 0 Å². The van der Waals surface area contributed by atoms with Gasteiger partial charge in [-0.25, -0.2) is 8.78 Å². The van der Waals surface area contributed by atoms with Gasteiger partial charge in [0.15, 0.2) is 0 Å². The van der Waals surface area contributed by atoms with Gasteiger partial charge in [-0.1, -0.05) is 19.3 Å². The van der Waals surface area contributed by atoms with Crippen LogP contribution in [0, 0.1) is 0 Å². The van der Waals surface area contributed by atoms with E-state index < -0.39 is 13.0 Å². The number of hydrogen-bond donors (Lipinski definition) is 1. The quantitative estimate of drug-likeness (QED) is 0.710. The van der Waals surface area contributed by atoms with Crippen LogP contribution in [0.1, 0.15) is 70.6 Å². The first kappa shape index (κ1) is 19.1. The molecule has 0 unspecified atom stereocenters. The van der Waals surface area contributed by atoms with E-state index in [0.717, 1.165) is 31.7 Å². The van der Waals surface area contributed by atoms with Crippen molar-refractivity contribution in [1.82, 2.24) is 10.2 Å². The van der Waals surface area contributed by atoms with E-state index in [1.54, 1.807) is 6.26 Å². The minimum absolute atomic E-state index is 0.478. The van der Waals surface area contributed by atoms with Crippen molar-refractivity contribution in [3.8, 4) is 0 Å². The summed E-state index contributed by atoms with van der Waals surface area (Å²) < 4.78 is 29.2. The molecule has 144 valence electrons. The van der Waals surface area contributed by atoms with Crippen molar-refractivity contribution in [2.45, 2.75) is 95.2 Å². The number of hydrogen-bond acceptors (Lipinski definition) is 3. The molecule has 0 aromatic heterocycles. The Morgan fingerprint density at radius 3 is 2.24 bits per heavy atom. The van der Waals surface area contributed by atoms with E-state index in [2.05, 4.69) is 10.2 Å². The summed E-state index contributed by atoms with van der Waals surface area (Å²) in [7, 11) is 0. The Hall–Kier alpha value is -0.680. The molecule has 1 N–H and O–H groups in total. The third-order valence-electron chi connectivity index (χ3n) is 6.19. The normalized spacial score (nSPS) is 27.6. The Morgan fingerprint density at radius 2 is 1.60 bits per heavy atom. The lowest BCUT2D eigenvalue weighted by atomic mass is 9.88. The first-order chi connectivity index (χ1) is 12.2. The molecule has 3 fully saturated rings. The van der Waals surface area contributed by atoms with Crippen molar-refractivity contribution < 1.29 is 13.5 Å². The molecule has 0 bridgehead atoms. The van der Waals surface area contributed by atoms with Crippen LogP contribution in [0.3, 0.4) is 0 Å². The van der Waals surface area contributed by atoms with Crippen LogP contribution < -0.4 is 5.32 Å². The monoisotopic (exact) mass is 356 g/mol. The molecule has 3 aliphatic rings. The summed E-state index contributed by atoms with van der Waals surface area (Å²) in [4.78, 5) is 2.66. The number of allylic oxidation sites excluding steroid dienone is 1. The molecule has 0 spiro atoms. The SMILES string of the molecule is FC(F)COC=C1CCC(N2CCC(NC3CCCCC3)CC2)CC1. The van der Waals surface area contributed by atoms with Crippen LogP contribution in [-0.2, 0) is 4.74 Å². The molecule has 0 aromatic rings. The zero-order valence-electron chi connectivity index (χ0n) is 15.4. The van der Waals surface area contributed by atoms with E-state index in [1.807, 2.05) is 0 Å². The van der Waals surface area contributed by atoms with Crippen LogP contribution in [0.2, 0.25) is 0 Å². The molecular formula is C20H34F2N2O. The van der Waals surface area contributed by atoms with Crippen LogP contribution >= 0.6 is 0 Å². The van der Waals surface area contributed by atoms with Gasteiger partial charge in [0.1, 0.15) is 6.61 Å². The number of alkyl halides is 2. The lowest BCUT2D eigenvalue weighted by molar-refractivity contribution is 0.0584. The van der Waals surface area contributed by atoms with E-state index in [-0.39, 0.29) is 0 Å². The van der Waals surface area contributed by atoms with Gasteiger partial charge < -0.3 is 15.0 Å². The Morgan fingerprint density at radius 1 is 0.960 bits per heavy atom. The van der Waals surface area contributed by atoms with Gasteiger partial charge in [0.2, 0.25) is 0 Å². The number of ether oxygens (including phenoxy) is 1. The molecule has 1 saturated heterocycles. The summed E-state index contributed by atoms with van der Waals surface area (Å²) in [6, 6.07) is 2.14. The van der Waals surface area contributed by atoms with E-state index in [0.29, 0.717) is 12.1 Å². The third-order valence-corrected chi connectivity index (χ3v) is 6.19. The van der Waals surface area contributed by atoms with Crippen LogP contribution in [0.4, 0.5) is 8.78 Å². The van der Waals surface area contributed by atoms with Gasteiger partial charge in [-0.15, -0.1) is 0 Å². The molecular weight excluding hydrogens is 322 g/mol. The van der Waals surface area contributed by atoms with Crippen LogP contribution in [0.15, 0.2) is 11.8 Å². The molecule has 0 aromatic carbocycles. The van der Waals surface area contributed by atoms with Gasteiger partial charge in [-0.3, -0.25) is 0 Å². The Labute approximate surface area is 151 Å². The topological polar surface area (TPSA) is 24.5 Å². The van der Waals surface area contributed by atoms with Gasteiger partial charge in [0, 0.05) is 18.1 Å². The van der Waals surface area contributed by atoms with Gasteiger partial charge in [-0.05, 0) is 70.0 Å². The van der Waals surface area contributed by atoms with Crippen molar-refractivity contribution >= 4 is 0 Å². The summed E-state index contributed by atoms with van der Waals surface area (Å²) in [5.41, 5.74) is 1.20. The first-order valence-corrected chi connectivity index (χ1v) is 10.3. The molecule has 3 nitrogen and oxygen atoms in total. The van der Waals surface area contributed by atoms with Crippen molar-refractivity contribution in [2.24, 2.45) is 0 Å². The van der Waals surface area contributed by atoms with Crippen molar-refractivity contribution in [2.75, 3.05) is 19.7 Å². The molecule has 25 heavy (non-hydrogen) atoms. The lowest BCUT2D eigenvalue weighted by Crippen LogP contribution is -2.49. The number of halogens is 2. The molecule has 1 heterocycles. The van der Waals surface area contributed by atoms with Crippen molar-refractivity contribution in [3.05, 3.63) is 11.8 Å². The molecule has 0 radical (unpaired) electrons. The van der Waals surface area contributed by atoms with Gasteiger partial charge in [0.25, 0.3) is 6.43 Å². The molecule has 1 aliphatic heterocycles. The number of rotatable bonds is 6. The number of nitrogens with one attached hydrogen (secondary N) is 1. The predicted molar refractivity (Wildman–Crippen MR) is 96.9 cm³/mol. The molecule has 2 aliphatic carbocycles. The second-order valence-corrected chi connectivity index (χ2v) is 8.04. The number of nitrogens with zero attached hydrogens (tertiary/aromatic N) is 1. The van der Waals surface area contributed by atoms with E-state index in [9.17, 15) is 8.78 Å². The van der Waals surface area contributed by atoms with Gasteiger partial charge in [-0.2, -0.15) is 0 Å². The fourth-order valence-corrected chi connectivity index (χ4v) is 4.73. The molecule has 2 saturated carbocycles. The van der Waals surface area contributed by atoms with Crippen LogP contribution in [-0.4, -0.2) is 49.1 Å². The zero-order chi connectivity index (χ0) is 17.5. The maximum absolute atomic E-state index is 12.1. The highest BCUT2D eigenvalue weighted by molar-refractivity contribution is 5.04. The standard InChI is InChI=1S/C20H34F2N2O/c21-20(22)15-25-14-16-6-8-19(9-7-16)24-12-10-18(11-13-24)23-17-4-2-1-3-5-17/h14,17-20,23H,1-13,15H2. The Bertz CT molecular complexity index is 406. The largest absolute Gasteiger partial charge is 0.495 e. The maximum atomic E-state index is 12.1. The second-order valence-electron chi connectivity index (χ2n) is 8.04. The van der Waals surface area contributed by atoms with E-state index in [4.69, 9.17) is 4.74 Å². The number of likely N-dealkylation sites (tertiary alicyclic amines) is 1. The molecule has 5 heteroatoms. The highest BCUT2D eigenvalue weighted by atomic mass is 19.3. The molecule has 3 rings (SSSR count).